The van der Waals surface area contributed by atoms with Crippen LogP contribution in [0.1, 0.15) is 61.0 Å². The molecule has 31 heavy (non-hydrogen) atoms. The maximum atomic E-state index is 12.8. The van der Waals surface area contributed by atoms with Crippen molar-refractivity contribution in [3.63, 3.8) is 0 Å². The molecule has 0 radical (unpaired) electrons. The number of ether oxygens (including phenoxy) is 2. The molecule has 7 heteroatoms. The first-order valence-corrected chi connectivity index (χ1v) is 11.3. The van der Waals surface area contributed by atoms with E-state index in [1.807, 2.05) is 30.0 Å². The molecule has 3 aliphatic heterocycles. The molecule has 2 aromatic rings. The lowest BCUT2D eigenvalue weighted by Gasteiger charge is -2.54. The third-order valence-electron chi connectivity index (χ3n) is 7.24. The average molecular weight is 442 g/mol. The number of piperidine rings is 1. The van der Waals surface area contributed by atoms with Crippen molar-refractivity contribution in [2.45, 2.75) is 51.7 Å². The number of hydrogen-bond donors (Lipinski definition) is 0. The van der Waals surface area contributed by atoms with Gasteiger partial charge in [-0.05, 0) is 63.6 Å². The molecule has 0 bridgehead atoms. The summed E-state index contributed by atoms with van der Waals surface area (Å²) in [5, 5.41) is 0.704. The molecule has 4 heterocycles. The zero-order chi connectivity index (χ0) is 21.8. The number of nitrogens with zero attached hydrogens (tertiary/aromatic N) is 3. The van der Waals surface area contributed by atoms with Gasteiger partial charge < -0.3 is 14.4 Å². The van der Waals surface area contributed by atoms with E-state index in [2.05, 4.69) is 23.8 Å². The van der Waals surface area contributed by atoms with Crippen LogP contribution in [0.15, 0.2) is 30.6 Å². The van der Waals surface area contributed by atoms with Crippen LogP contribution < -0.4 is 4.74 Å². The van der Waals surface area contributed by atoms with Crippen LogP contribution in [0, 0.1) is 18.3 Å². The smallest absolute Gasteiger partial charge is 0.274 e. The standard InChI is InChI=1S/C24H28ClN3O3/c1-15-12-27-19(13-26-15)22(29)28-8-6-24(7-9-28)11-18-21(30-14-24)17-10-16(25)4-5-20(17)31-23(18,2)3/h4-5,10,12-13,18,21H,6-9,11,14H2,1-3H3/t18-,21+/m0/s1. The van der Waals surface area contributed by atoms with E-state index in [4.69, 9.17) is 21.1 Å². The molecule has 1 aromatic heterocycles. The Balaban J connectivity index is 1.31. The van der Waals surface area contributed by atoms with Crippen LogP contribution >= 0.6 is 11.6 Å². The molecule has 1 amide bonds. The lowest BCUT2D eigenvalue weighted by molar-refractivity contribution is -0.173. The highest BCUT2D eigenvalue weighted by Crippen LogP contribution is 2.55. The van der Waals surface area contributed by atoms with Gasteiger partial charge in [0.05, 0.1) is 24.6 Å². The first-order valence-electron chi connectivity index (χ1n) is 10.9. The second-order valence-corrected chi connectivity index (χ2v) is 10.2. The summed E-state index contributed by atoms with van der Waals surface area (Å²) in [5.74, 6) is 1.06. The highest BCUT2D eigenvalue weighted by molar-refractivity contribution is 6.30. The maximum absolute atomic E-state index is 12.8. The van der Waals surface area contributed by atoms with Crippen molar-refractivity contribution in [1.29, 1.82) is 0 Å². The lowest BCUT2D eigenvalue weighted by atomic mass is 9.64. The van der Waals surface area contributed by atoms with Crippen molar-refractivity contribution in [2.75, 3.05) is 19.7 Å². The molecule has 0 unspecified atom stereocenters. The fourth-order valence-corrected chi connectivity index (χ4v) is 5.50. The molecule has 1 spiro atoms. The number of carbonyl (C=O) groups excluding carboxylic acids is 1. The summed E-state index contributed by atoms with van der Waals surface area (Å²) in [6.45, 7) is 8.28. The number of carbonyl (C=O) groups is 1. The van der Waals surface area contributed by atoms with Gasteiger partial charge in [-0.2, -0.15) is 0 Å². The minimum atomic E-state index is -0.330. The first-order chi connectivity index (χ1) is 14.8. The summed E-state index contributed by atoms with van der Waals surface area (Å²) >= 11 is 6.27. The van der Waals surface area contributed by atoms with Crippen LogP contribution in [0.4, 0.5) is 0 Å². The molecular weight excluding hydrogens is 414 g/mol. The van der Waals surface area contributed by atoms with E-state index < -0.39 is 0 Å². The van der Waals surface area contributed by atoms with Gasteiger partial charge in [0, 0.05) is 35.8 Å². The Labute approximate surface area is 187 Å². The number of fused-ring (bicyclic) bond motifs is 3. The van der Waals surface area contributed by atoms with Crippen LogP contribution in [0.5, 0.6) is 5.75 Å². The van der Waals surface area contributed by atoms with E-state index in [0.29, 0.717) is 30.4 Å². The topological polar surface area (TPSA) is 64.6 Å². The molecule has 2 saturated heterocycles. The molecule has 6 nitrogen and oxygen atoms in total. The van der Waals surface area contributed by atoms with Crippen molar-refractivity contribution in [2.24, 2.45) is 11.3 Å². The second-order valence-electron chi connectivity index (χ2n) is 9.77. The Bertz CT molecular complexity index is 1000. The predicted octanol–water partition coefficient (Wildman–Crippen LogP) is 4.61. The summed E-state index contributed by atoms with van der Waals surface area (Å²) in [6.07, 6.45) is 6.05. The van der Waals surface area contributed by atoms with Gasteiger partial charge in [0.25, 0.3) is 5.91 Å². The Hall–Kier alpha value is -2.18. The van der Waals surface area contributed by atoms with E-state index in [9.17, 15) is 4.79 Å². The largest absolute Gasteiger partial charge is 0.487 e. The summed E-state index contributed by atoms with van der Waals surface area (Å²) < 4.78 is 12.9. The highest BCUT2D eigenvalue weighted by atomic mass is 35.5. The van der Waals surface area contributed by atoms with Gasteiger partial charge in [-0.3, -0.25) is 9.78 Å². The van der Waals surface area contributed by atoms with Crippen molar-refractivity contribution in [3.8, 4) is 5.75 Å². The van der Waals surface area contributed by atoms with Crippen LogP contribution in [-0.4, -0.2) is 46.1 Å². The van der Waals surface area contributed by atoms with E-state index in [-0.39, 0.29) is 28.9 Å². The molecule has 2 atom stereocenters. The summed E-state index contributed by atoms with van der Waals surface area (Å²) in [5.41, 5.74) is 2.01. The van der Waals surface area contributed by atoms with E-state index in [0.717, 1.165) is 36.3 Å². The Morgan fingerprint density at radius 2 is 1.97 bits per heavy atom. The monoisotopic (exact) mass is 441 g/mol. The molecule has 0 N–H and O–H groups in total. The second kappa shape index (κ2) is 7.45. The minimum Gasteiger partial charge on any atom is -0.487 e. The number of amides is 1. The molecule has 0 saturated carbocycles. The van der Waals surface area contributed by atoms with Crippen LogP contribution in [0.25, 0.3) is 0 Å². The predicted molar refractivity (Wildman–Crippen MR) is 117 cm³/mol. The molecule has 5 rings (SSSR count). The summed E-state index contributed by atoms with van der Waals surface area (Å²) in [6, 6.07) is 5.79. The van der Waals surface area contributed by atoms with Crippen molar-refractivity contribution in [3.05, 3.63) is 52.6 Å². The number of benzene rings is 1. The first kappa shape index (κ1) is 20.7. The normalized spacial score (nSPS) is 26.0. The SMILES string of the molecule is Cc1cnc(C(=O)N2CCC3(CC2)CO[C@@H]2c4cc(Cl)ccc4OC(C)(C)[C@H]2C3)cn1. The summed E-state index contributed by atoms with van der Waals surface area (Å²) in [4.78, 5) is 23.2. The van der Waals surface area contributed by atoms with Gasteiger partial charge in [-0.25, -0.2) is 4.98 Å². The number of rotatable bonds is 1. The Morgan fingerprint density at radius 1 is 1.19 bits per heavy atom. The van der Waals surface area contributed by atoms with Crippen molar-refractivity contribution in [1.82, 2.24) is 14.9 Å². The van der Waals surface area contributed by atoms with Crippen LogP contribution in [0.2, 0.25) is 5.02 Å². The number of halogens is 1. The maximum Gasteiger partial charge on any atom is 0.274 e. The number of likely N-dealkylation sites (tertiary alicyclic amines) is 1. The number of aromatic nitrogens is 2. The van der Waals surface area contributed by atoms with Gasteiger partial charge in [-0.15, -0.1) is 0 Å². The average Bonchev–Trinajstić information content (AvgIpc) is 2.75. The molecule has 3 aliphatic rings. The van der Waals surface area contributed by atoms with Crippen molar-refractivity contribution >= 4 is 17.5 Å². The van der Waals surface area contributed by atoms with Crippen molar-refractivity contribution < 1.29 is 14.3 Å². The van der Waals surface area contributed by atoms with E-state index >= 15 is 0 Å². The Kier molecular flexibility index (Phi) is 4.98. The molecular formula is C24H28ClN3O3. The van der Waals surface area contributed by atoms with E-state index in [1.165, 1.54) is 0 Å². The molecule has 0 aliphatic carbocycles. The fraction of sp³-hybridized carbons (Fsp3) is 0.542. The molecule has 1 aromatic carbocycles. The van der Waals surface area contributed by atoms with E-state index in [1.54, 1.807) is 12.4 Å². The van der Waals surface area contributed by atoms with Gasteiger partial charge in [0.1, 0.15) is 17.0 Å². The lowest BCUT2D eigenvalue weighted by Crippen LogP contribution is -2.54. The summed E-state index contributed by atoms with van der Waals surface area (Å²) in [7, 11) is 0. The zero-order valence-corrected chi connectivity index (χ0v) is 19.0. The number of aryl methyl sites for hydroxylation is 1. The van der Waals surface area contributed by atoms with Crippen LogP contribution in [0.3, 0.4) is 0 Å². The fourth-order valence-electron chi connectivity index (χ4n) is 5.32. The van der Waals surface area contributed by atoms with Gasteiger partial charge in [-0.1, -0.05) is 11.6 Å². The quantitative estimate of drug-likeness (QED) is 0.646. The Morgan fingerprint density at radius 3 is 2.68 bits per heavy atom. The molecule has 2 fully saturated rings. The van der Waals surface area contributed by atoms with Gasteiger partial charge >= 0.3 is 0 Å². The highest BCUT2D eigenvalue weighted by Gasteiger charge is 2.53. The van der Waals surface area contributed by atoms with Gasteiger partial charge in [0.2, 0.25) is 0 Å². The third-order valence-corrected chi connectivity index (χ3v) is 7.48. The minimum absolute atomic E-state index is 0.00873. The number of hydrogen-bond acceptors (Lipinski definition) is 5. The zero-order valence-electron chi connectivity index (χ0n) is 18.2. The van der Waals surface area contributed by atoms with Crippen LogP contribution in [-0.2, 0) is 4.74 Å². The molecule has 164 valence electrons. The third kappa shape index (κ3) is 3.70. The van der Waals surface area contributed by atoms with Gasteiger partial charge in [0.15, 0.2) is 0 Å².